The monoisotopic (exact) mass is 714 g/mol. The highest BCUT2D eigenvalue weighted by atomic mass is 16.6. The highest BCUT2D eigenvalue weighted by molar-refractivity contribution is 5.82. The zero-order valence-electron chi connectivity index (χ0n) is 30.9. The van der Waals surface area contributed by atoms with Crippen molar-refractivity contribution in [3.8, 4) is 0 Å². The molecule has 3 N–H and O–H groups in total. The zero-order valence-corrected chi connectivity index (χ0v) is 30.9. The molecule has 0 aliphatic carbocycles. The molecular formula is C37H54N4O10. The average Bonchev–Trinajstić information content (AvgIpc) is 3.07. The van der Waals surface area contributed by atoms with Crippen molar-refractivity contribution in [2.75, 3.05) is 33.5 Å². The van der Waals surface area contributed by atoms with Crippen molar-refractivity contribution in [1.29, 1.82) is 0 Å². The van der Waals surface area contributed by atoms with Crippen LogP contribution in [0.15, 0.2) is 36.7 Å². The van der Waals surface area contributed by atoms with Crippen LogP contribution in [0.5, 0.6) is 0 Å². The van der Waals surface area contributed by atoms with E-state index >= 15 is 0 Å². The molecule has 2 aromatic heterocycles. The molecule has 0 radical (unpaired) electrons. The van der Waals surface area contributed by atoms with E-state index in [9.17, 15) is 24.3 Å². The Morgan fingerprint density at radius 3 is 1.45 bits per heavy atom. The maximum Gasteiger partial charge on any atom is 0.408 e. The van der Waals surface area contributed by atoms with Crippen LogP contribution in [0.4, 0.5) is 9.59 Å². The van der Waals surface area contributed by atoms with Gasteiger partial charge in [-0.2, -0.15) is 0 Å². The van der Waals surface area contributed by atoms with E-state index in [1.54, 1.807) is 53.9 Å². The Morgan fingerprint density at radius 1 is 0.725 bits per heavy atom. The Kier molecular flexibility index (Phi) is 15.6. The van der Waals surface area contributed by atoms with E-state index < -0.39 is 47.4 Å². The molecule has 2 aliphatic rings. The average molecular weight is 715 g/mol. The van der Waals surface area contributed by atoms with Crippen molar-refractivity contribution < 1.29 is 48.0 Å². The Bertz CT molecular complexity index is 1410. The smallest absolute Gasteiger partial charge is 0.408 e. The molecule has 0 aromatic carbocycles. The van der Waals surface area contributed by atoms with Crippen LogP contribution in [0.1, 0.15) is 102 Å². The van der Waals surface area contributed by atoms with E-state index in [4.69, 9.17) is 23.7 Å². The van der Waals surface area contributed by atoms with E-state index in [1.807, 2.05) is 24.3 Å². The Labute approximate surface area is 300 Å². The lowest BCUT2D eigenvalue weighted by Gasteiger charge is -2.23. The van der Waals surface area contributed by atoms with Gasteiger partial charge >= 0.3 is 24.1 Å². The fourth-order valence-electron chi connectivity index (χ4n) is 5.49. The van der Waals surface area contributed by atoms with Gasteiger partial charge in [0.2, 0.25) is 0 Å². The van der Waals surface area contributed by atoms with Gasteiger partial charge in [0.05, 0.1) is 7.11 Å². The van der Waals surface area contributed by atoms with Crippen molar-refractivity contribution in [2.24, 2.45) is 0 Å². The Balaban J connectivity index is 0.000000276. The van der Waals surface area contributed by atoms with Gasteiger partial charge in [-0.1, -0.05) is 12.1 Å². The molecule has 51 heavy (non-hydrogen) atoms. The van der Waals surface area contributed by atoms with Crippen LogP contribution in [-0.2, 0) is 46.1 Å². The molecule has 282 valence electrons. The van der Waals surface area contributed by atoms with E-state index in [2.05, 4.69) is 20.6 Å². The molecule has 2 atom stereocenters. The second-order valence-electron chi connectivity index (χ2n) is 14.6. The number of aromatic nitrogens is 2. The number of hydrogen-bond acceptors (Lipinski definition) is 11. The second kappa shape index (κ2) is 19.3. The highest BCUT2D eigenvalue weighted by Gasteiger charge is 2.27. The molecular weight excluding hydrogens is 660 g/mol. The molecule has 0 spiro atoms. The molecule has 2 fully saturated rings. The number of hydrogen-bond donors (Lipinski definition) is 3. The summed E-state index contributed by atoms with van der Waals surface area (Å²) in [7, 11) is 1.29. The summed E-state index contributed by atoms with van der Waals surface area (Å²) in [4.78, 5) is 56.2. The molecule has 0 bridgehead atoms. The Hall–Kier alpha value is -4.30. The second-order valence-corrected chi connectivity index (χ2v) is 14.6. The first kappa shape index (κ1) is 41.1. The van der Waals surface area contributed by atoms with Gasteiger partial charge in [-0.3, -0.25) is 9.97 Å². The van der Waals surface area contributed by atoms with Crippen LogP contribution in [0, 0.1) is 0 Å². The van der Waals surface area contributed by atoms with Crippen molar-refractivity contribution in [3.63, 3.8) is 0 Å². The zero-order chi connectivity index (χ0) is 37.6. The SMILES string of the molecule is CC(C)(C)OC(=O)N[C@@H](Cc1ccc(C2CCOCC2)nc1)C(=O)O.COC(=O)[C@H](Cc1ccc(C2CCOCC2)nc1)NC(=O)OC(C)(C)C. The van der Waals surface area contributed by atoms with Crippen LogP contribution >= 0.6 is 0 Å². The minimum absolute atomic E-state index is 0.148. The number of pyridine rings is 2. The van der Waals surface area contributed by atoms with Gasteiger partial charge < -0.3 is 39.4 Å². The van der Waals surface area contributed by atoms with Gasteiger partial charge in [0.25, 0.3) is 0 Å². The number of nitrogens with zero attached hydrogens (tertiary/aromatic N) is 2. The van der Waals surface area contributed by atoms with Crippen LogP contribution in [0.3, 0.4) is 0 Å². The normalized spacial score (nSPS) is 16.8. The van der Waals surface area contributed by atoms with Crippen LogP contribution < -0.4 is 10.6 Å². The maximum absolute atomic E-state index is 12.0. The first-order chi connectivity index (χ1) is 24.0. The number of nitrogens with one attached hydrogen (secondary N) is 2. The topological polar surface area (TPSA) is 184 Å². The van der Waals surface area contributed by atoms with E-state index in [1.165, 1.54) is 7.11 Å². The van der Waals surface area contributed by atoms with Crippen molar-refractivity contribution in [3.05, 3.63) is 59.2 Å². The number of methoxy groups -OCH3 is 1. The van der Waals surface area contributed by atoms with Crippen LogP contribution in [0.25, 0.3) is 0 Å². The van der Waals surface area contributed by atoms with E-state index in [0.29, 0.717) is 11.8 Å². The Morgan fingerprint density at radius 2 is 1.12 bits per heavy atom. The van der Waals surface area contributed by atoms with Crippen LogP contribution in [0.2, 0.25) is 0 Å². The number of alkyl carbamates (subject to hydrolysis) is 2. The standard InChI is InChI=1S/C19H28N2O5.C18H26N2O5/c1-19(2,3)26-18(23)21-16(17(22)24-4)11-13-5-6-15(20-12-13)14-7-9-25-10-8-14;1-18(2,3)25-17(23)20-15(16(21)22)10-12-4-5-14(19-11-12)13-6-8-24-9-7-13/h5-6,12,14,16H,7-11H2,1-4H3,(H,21,23);4-5,11,13,15H,6-10H2,1-3H3,(H,20,23)(H,21,22)/t16-;15-/m00/s1. The summed E-state index contributed by atoms with van der Waals surface area (Å²) >= 11 is 0. The van der Waals surface area contributed by atoms with Gasteiger partial charge in [0.15, 0.2) is 0 Å². The number of carboxylic acids is 1. The molecule has 2 saturated heterocycles. The van der Waals surface area contributed by atoms with Gasteiger partial charge in [0, 0.05) is 74.9 Å². The lowest BCUT2D eigenvalue weighted by Crippen LogP contribution is -2.45. The summed E-state index contributed by atoms with van der Waals surface area (Å²) in [5.74, 6) is -0.837. The fourth-order valence-corrected chi connectivity index (χ4v) is 5.49. The number of amides is 2. The fraction of sp³-hybridized carbons (Fsp3) is 0.622. The summed E-state index contributed by atoms with van der Waals surface area (Å²) in [6, 6.07) is 5.82. The summed E-state index contributed by atoms with van der Waals surface area (Å²) in [5, 5.41) is 14.3. The molecule has 4 heterocycles. The molecule has 4 rings (SSSR count). The number of carboxylic acid groups (broad SMARTS) is 1. The van der Waals surface area contributed by atoms with Crippen molar-refractivity contribution in [2.45, 2.75) is 115 Å². The molecule has 0 unspecified atom stereocenters. The van der Waals surface area contributed by atoms with Gasteiger partial charge in [-0.05, 0) is 90.5 Å². The van der Waals surface area contributed by atoms with E-state index in [0.717, 1.165) is 74.6 Å². The molecule has 2 aliphatic heterocycles. The minimum atomic E-state index is -1.11. The molecule has 2 aromatic rings. The summed E-state index contributed by atoms with van der Waals surface area (Å²) < 4.78 is 25.8. The summed E-state index contributed by atoms with van der Waals surface area (Å²) in [6.45, 7) is 13.5. The molecule has 2 amide bonds. The third kappa shape index (κ3) is 15.2. The molecule has 14 nitrogen and oxygen atoms in total. The van der Waals surface area contributed by atoms with Crippen molar-refractivity contribution in [1.82, 2.24) is 20.6 Å². The third-order valence-electron chi connectivity index (χ3n) is 8.02. The lowest BCUT2D eigenvalue weighted by molar-refractivity contribution is -0.143. The number of carbonyl (C=O) groups excluding carboxylic acids is 3. The first-order valence-corrected chi connectivity index (χ1v) is 17.4. The summed E-state index contributed by atoms with van der Waals surface area (Å²) in [6.07, 6.45) is 6.30. The number of aliphatic carboxylic acids is 1. The predicted molar refractivity (Wildman–Crippen MR) is 187 cm³/mol. The highest BCUT2D eigenvalue weighted by Crippen LogP contribution is 2.26. The lowest BCUT2D eigenvalue weighted by atomic mass is 9.95. The molecule has 0 saturated carbocycles. The number of esters is 1. The molecule has 14 heteroatoms. The largest absolute Gasteiger partial charge is 0.480 e. The van der Waals surface area contributed by atoms with Gasteiger partial charge in [-0.15, -0.1) is 0 Å². The van der Waals surface area contributed by atoms with E-state index in [-0.39, 0.29) is 12.8 Å². The predicted octanol–water partition coefficient (Wildman–Crippen LogP) is 5.08. The third-order valence-corrected chi connectivity index (χ3v) is 8.02. The number of carbonyl (C=O) groups is 4. The quantitative estimate of drug-likeness (QED) is 0.219. The minimum Gasteiger partial charge on any atom is -0.480 e. The number of rotatable bonds is 10. The number of ether oxygens (including phenoxy) is 5. The summed E-state index contributed by atoms with van der Waals surface area (Å²) in [5.41, 5.74) is 2.30. The first-order valence-electron chi connectivity index (χ1n) is 17.4. The van der Waals surface area contributed by atoms with Gasteiger partial charge in [0.1, 0.15) is 23.3 Å². The van der Waals surface area contributed by atoms with Crippen molar-refractivity contribution >= 4 is 24.1 Å². The maximum atomic E-state index is 12.0. The van der Waals surface area contributed by atoms with Gasteiger partial charge in [-0.25, -0.2) is 19.2 Å². The van der Waals surface area contributed by atoms with Crippen LogP contribution in [-0.4, -0.2) is 96.0 Å².